The van der Waals surface area contributed by atoms with Gasteiger partial charge in [0.15, 0.2) is 10.1 Å². The van der Waals surface area contributed by atoms with Gasteiger partial charge in [0, 0.05) is 5.56 Å². The van der Waals surface area contributed by atoms with Crippen molar-refractivity contribution < 1.29 is 4.79 Å². The van der Waals surface area contributed by atoms with Gasteiger partial charge in [0.2, 0.25) is 0 Å². The molecule has 0 saturated carbocycles. The van der Waals surface area contributed by atoms with Gasteiger partial charge in [0.1, 0.15) is 0 Å². The maximum Gasteiger partial charge on any atom is 0.173 e. The quantitative estimate of drug-likeness (QED) is 0.502. The van der Waals surface area contributed by atoms with Crippen LogP contribution in [0.1, 0.15) is 10.4 Å². The van der Waals surface area contributed by atoms with Gasteiger partial charge >= 0.3 is 0 Å². The number of hydrazine groups is 1. The molecule has 20 heavy (non-hydrogen) atoms. The van der Waals surface area contributed by atoms with Crippen LogP contribution in [0.4, 0.5) is 5.69 Å². The largest absolute Gasteiger partial charge is 0.300 e. The molecule has 0 aliphatic heterocycles. The van der Waals surface area contributed by atoms with E-state index in [2.05, 4.69) is 10.9 Å². The Morgan fingerprint density at radius 3 is 2.25 bits per heavy atom. The van der Waals surface area contributed by atoms with Crippen LogP contribution in [0, 0.1) is 0 Å². The van der Waals surface area contributed by atoms with Gasteiger partial charge < -0.3 is 0 Å². The van der Waals surface area contributed by atoms with E-state index in [1.165, 1.54) is 11.8 Å². The Balaban J connectivity index is 1.74. The average molecular weight is 302 g/mol. The smallest absolute Gasteiger partial charge is 0.173 e. The second-order valence-electron chi connectivity index (χ2n) is 3.98. The van der Waals surface area contributed by atoms with Crippen LogP contribution >= 0.6 is 24.0 Å². The number of benzene rings is 2. The van der Waals surface area contributed by atoms with Crippen LogP contribution in [-0.2, 0) is 0 Å². The molecule has 0 saturated heterocycles. The van der Waals surface area contributed by atoms with Crippen molar-refractivity contribution in [1.82, 2.24) is 5.43 Å². The Bertz CT molecular complexity index is 573. The van der Waals surface area contributed by atoms with Gasteiger partial charge in [-0.2, -0.15) is 0 Å². The molecule has 2 aromatic carbocycles. The molecule has 0 unspecified atom stereocenters. The minimum absolute atomic E-state index is 0.0689. The van der Waals surface area contributed by atoms with Crippen molar-refractivity contribution in [1.29, 1.82) is 0 Å². The number of hydrogen-bond donors (Lipinski definition) is 2. The van der Waals surface area contributed by atoms with Crippen LogP contribution in [0.15, 0.2) is 60.7 Å². The minimum atomic E-state index is 0.0689. The molecule has 5 heteroatoms. The van der Waals surface area contributed by atoms with E-state index in [0.717, 1.165) is 5.69 Å². The fraction of sp³-hybridized carbons (Fsp3) is 0.0667. The van der Waals surface area contributed by atoms with Crippen molar-refractivity contribution in [2.24, 2.45) is 0 Å². The lowest BCUT2D eigenvalue weighted by Crippen LogP contribution is -2.26. The third kappa shape index (κ3) is 4.68. The SMILES string of the molecule is O=C(CSC(=S)NNc1ccccc1)c1ccccc1. The van der Waals surface area contributed by atoms with E-state index in [0.29, 0.717) is 15.6 Å². The van der Waals surface area contributed by atoms with Crippen molar-refractivity contribution in [2.75, 3.05) is 11.2 Å². The molecular weight excluding hydrogens is 288 g/mol. The van der Waals surface area contributed by atoms with Crippen molar-refractivity contribution in [3.63, 3.8) is 0 Å². The number of thiocarbonyl (C=S) groups is 1. The number of anilines is 1. The van der Waals surface area contributed by atoms with E-state index in [9.17, 15) is 4.79 Å². The summed E-state index contributed by atoms with van der Waals surface area (Å²) >= 11 is 6.47. The highest BCUT2D eigenvalue weighted by Gasteiger charge is 2.06. The van der Waals surface area contributed by atoms with E-state index in [4.69, 9.17) is 12.2 Å². The molecule has 0 fully saturated rings. The Labute approximate surface area is 127 Å². The van der Waals surface area contributed by atoms with Gasteiger partial charge in [-0.25, -0.2) is 0 Å². The molecule has 0 spiro atoms. The molecule has 2 aromatic rings. The Morgan fingerprint density at radius 2 is 1.60 bits per heavy atom. The molecule has 2 rings (SSSR count). The number of para-hydroxylation sites is 1. The maximum absolute atomic E-state index is 11.9. The monoisotopic (exact) mass is 302 g/mol. The van der Waals surface area contributed by atoms with E-state index >= 15 is 0 Å². The third-order valence-electron chi connectivity index (χ3n) is 2.51. The summed E-state index contributed by atoms with van der Waals surface area (Å²) in [5.41, 5.74) is 7.51. The summed E-state index contributed by atoms with van der Waals surface area (Å²) in [5, 5.41) is 0. The summed E-state index contributed by atoms with van der Waals surface area (Å²) in [6.07, 6.45) is 0. The Morgan fingerprint density at radius 1 is 1.00 bits per heavy atom. The minimum Gasteiger partial charge on any atom is -0.300 e. The molecule has 0 amide bonds. The first-order valence-corrected chi connectivity index (χ1v) is 7.47. The lowest BCUT2D eigenvalue weighted by atomic mass is 10.2. The lowest BCUT2D eigenvalue weighted by molar-refractivity contribution is 0.102. The van der Waals surface area contributed by atoms with Crippen molar-refractivity contribution in [3.05, 3.63) is 66.2 Å². The summed E-state index contributed by atoms with van der Waals surface area (Å²) in [4.78, 5) is 11.9. The fourth-order valence-corrected chi connectivity index (χ4v) is 2.30. The summed E-state index contributed by atoms with van der Waals surface area (Å²) in [5.74, 6) is 0.395. The van der Waals surface area contributed by atoms with Gasteiger partial charge in [0.05, 0.1) is 11.4 Å². The summed E-state index contributed by atoms with van der Waals surface area (Å²) < 4.78 is 0.540. The molecule has 3 nitrogen and oxygen atoms in total. The summed E-state index contributed by atoms with van der Waals surface area (Å²) in [7, 11) is 0. The zero-order chi connectivity index (χ0) is 14.2. The van der Waals surface area contributed by atoms with Gasteiger partial charge in [-0.1, -0.05) is 72.5 Å². The topological polar surface area (TPSA) is 41.1 Å². The number of carbonyl (C=O) groups is 1. The molecule has 0 aliphatic carbocycles. The third-order valence-corrected chi connectivity index (χ3v) is 3.74. The molecule has 0 aliphatic rings. The molecule has 0 heterocycles. The van der Waals surface area contributed by atoms with Crippen LogP contribution in [0.2, 0.25) is 0 Å². The van der Waals surface area contributed by atoms with Crippen LogP contribution in [0.25, 0.3) is 0 Å². The first kappa shape index (κ1) is 14.6. The normalized spacial score (nSPS) is 9.80. The number of hydrogen-bond acceptors (Lipinski definition) is 4. The van der Waals surface area contributed by atoms with Crippen LogP contribution in [-0.4, -0.2) is 15.9 Å². The zero-order valence-corrected chi connectivity index (χ0v) is 12.3. The molecule has 0 atom stereocenters. The zero-order valence-electron chi connectivity index (χ0n) is 10.7. The van der Waals surface area contributed by atoms with E-state index in [1.807, 2.05) is 60.7 Å². The molecule has 0 aromatic heterocycles. The first-order valence-electron chi connectivity index (χ1n) is 6.08. The number of rotatable bonds is 5. The summed E-state index contributed by atoms with van der Waals surface area (Å²) in [6, 6.07) is 18.9. The molecular formula is C15H14N2OS2. The fourth-order valence-electron chi connectivity index (χ4n) is 1.52. The van der Waals surface area contributed by atoms with Crippen LogP contribution < -0.4 is 10.9 Å². The number of Topliss-reactive ketones (excluding diaryl/α,β-unsaturated/α-hetero) is 1. The standard InChI is InChI=1S/C15H14N2OS2/c18-14(12-7-3-1-4-8-12)11-20-15(19)17-16-13-9-5-2-6-10-13/h1-10,16H,11H2,(H,17,19). The van der Waals surface area contributed by atoms with Crippen LogP contribution in [0.3, 0.4) is 0 Å². The highest BCUT2D eigenvalue weighted by Crippen LogP contribution is 2.09. The van der Waals surface area contributed by atoms with Gasteiger partial charge in [-0.3, -0.25) is 15.6 Å². The van der Waals surface area contributed by atoms with Crippen molar-refractivity contribution in [2.45, 2.75) is 0 Å². The van der Waals surface area contributed by atoms with E-state index in [1.54, 1.807) is 0 Å². The first-order chi connectivity index (χ1) is 9.75. The van der Waals surface area contributed by atoms with E-state index < -0.39 is 0 Å². The number of thioether (sulfide) groups is 1. The average Bonchev–Trinajstić information content (AvgIpc) is 2.52. The molecule has 102 valence electrons. The number of ketones is 1. The highest BCUT2D eigenvalue weighted by atomic mass is 32.2. The van der Waals surface area contributed by atoms with Gasteiger partial charge in [-0.05, 0) is 12.1 Å². The van der Waals surface area contributed by atoms with Crippen molar-refractivity contribution in [3.8, 4) is 0 Å². The number of carbonyl (C=O) groups excluding carboxylic acids is 1. The molecule has 2 N–H and O–H groups in total. The van der Waals surface area contributed by atoms with Crippen molar-refractivity contribution >= 4 is 39.8 Å². The second kappa shape index (κ2) is 7.67. The lowest BCUT2D eigenvalue weighted by Gasteiger charge is -2.09. The molecule has 0 radical (unpaired) electrons. The Kier molecular flexibility index (Phi) is 5.58. The molecule has 0 bridgehead atoms. The van der Waals surface area contributed by atoms with Crippen LogP contribution in [0.5, 0.6) is 0 Å². The Hall–Kier alpha value is -1.85. The second-order valence-corrected chi connectivity index (χ2v) is 5.63. The van der Waals surface area contributed by atoms with Gasteiger partial charge in [-0.15, -0.1) is 0 Å². The van der Waals surface area contributed by atoms with Gasteiger partial charge in [0.25, 0.3) is 0 Å². The predicted molar refractivity (Wildman–Crippen MR) is 89.0 cm³/mol. The highest BCUT2D eigenvalue weighted by molar-refractivity contribution is 8.23. The number of nitrogens with one attached hydrogen (secondary N) is 2. The summed E-state index contributed by atoms with van der Waals surface area (Å²) in [6.45, 7) is 0. The predicted octanol–water partition coefficient (Wildman–Crippen LogP) is 3.50. The van der Waals surface area contributed by atoms with E-state index in [-0.39, 0.29) is 5.78 Å². The maximum atomic E-state index is 11.9.